The first-order valence-corrected chi connectivity index (χ1v) is 7.27. The molecule has 1 aromatic heterocycles. The van der Waals surface area contributed by atoms with Crippen molar-refractivity contribution in [2.45, 2.75) is 25.4 Å². The Labute approximate surface area is 117 Å². The fraction of sp³-hybridized carbons (Fsp3) is 0.538. The van der Waals surface area contributed by atoms with Gasteiger partial charge in [-0.05, 0) is 18.9 Å². The molecule has 102 valence electrons. The van der Waals surface area contributed by atoms with Crippen molar-refractivity contribution in [2.75, 3.05) is 19.6 Å². The van der Waals surface area contributed by atoms with E-state index in [0.29, 0.717) is 12.6 Å². The Morgan fingerprint density at radius 3 is 2.89 bits per heavy atom. The molecule has 0 atom stereocenters. The molecule has 1 aromatic rings. The molecule has 1 amide bonds. The number of thiophene rings is 1. The van der Waals surface area contributed by atoms with Gasteiger partial charge in [-0.25, -0.2) is 0 Å². The molecule has 3 N–H and O–H groups in total. The van der Waals surface area contributed by atoms with Gasteiger partial charge < -0.3 is 11.1 Å². The zero-order valence-corrected chi connectivity index (χ0v) is 11.6. The smallest absolute Gasteiger partial charge is 0.231 e. The van der Waals surface area contributed by atoms with Crippen molar-refractivity contribution in [3.63, 3.8) is 0 Å². The number of nitrogens with one attached hydrogen (secondary N) is 1. The molecular formula is C13H18N4OS. The maximum atomic E-state index is 10.8. The summed E-state index contributed by atoms with van der Waals surface area (Å²) < 4.78 is 0. The first-order valence-electron chi connectivity index (χ1n) is 6.39. The first kappa shape index (κ1) is 14.0. The maximum Gasteiger partial charge on any atom is 0.231 e. The molecule has 0 unspecified atom stereocenters. The lowest BCUT2D eigenvalue weighted by atomic mass is 10.1. The van der Waals surface area contributed by atoms with Gasteiger partial charge in [-0.3, -0.25) is 9.69 Å². The van der Waals surface area contributed by atoms with Gasteiger partial charge in [-0.15, -0.1) is 11.3 Å². The largest absolute Gasteiger partial charge is 0.369 e. The van der Waals surface area contributed by atoms with Gasteiger partial charge >= 0.3 is 0 Å². The number of likely N-dealkylation sites (tertiary alicyclic amines) is 1. The van der Waals surface area contributed by atoms with E-state index in [1.165, 1.54) is 4.88 Å². The van der Waals surface area contributed by atoms with E-state index in [2.05, 4.69) is 16.3 Å². The summed E-state index contributed by atoms with van der Waals surface area (Å²) in [4.78, 5) is 14.1. The lowest BCUT2D eigenvalue weighted by molar-refractivity contribution is -0.119. The Morgan fingerprint density at radius 1 is 1.58 bits per heavy atom. The van der Waals surface area contributed by atoms with Crippen LogP contribution in [0.5, 0.6) is 0 Å². The molecule has 2 rings (SSSR count). The van der Waals surface area contributed by atoms with Gasteiger partial charge in [0.25, 0.3) is 0 Å². The molecule has 0 saturated carbocycles. The summed E-state index contributed by atoms with van der Waals surface area (Å²) in [7, 11) is 0. The molecule has 1 saturated heterocycles. The van der Waals surface area contributed by atoms with Crippen LogP contribution in [0.15, 0.2) is 11.4 Å². The lowest BCUT2D eigenvalue weighted by Gasteiger charge is -2.31. The summed E-state index contributed by atoms with van der Waals surface area (Å²) in [5.41, 5.74) is 5.92. The van der Waals surface area contributed by atoms with E-state index >= 15 is 0 Å². The minimum absolute atomic E-state index is 0.256. The van der Waals surface area contributed by atoms with Crippen molar-refractivity contribution in [1.82, 2.24) is 10.2 Å². The number of piperidine rings is 1. The molecule has 0 aliphatic carbocycles. The van der Waals surface area contributed by atoms with Crippen molar-refractivity contribution in [3.8, 4) is 6.07 Å². The number of amides is 1. The molecule has 19 heavy (non-hydrogen) atoms. The summed E-state index contributed by atoms with van der Waals surface area (Å²) in [5.74, 6) is -0.256. The minimum atomic E-state index is -0.256. The highest BCUT2D eigenvalue weighted by Crippen LogP contribution is 2.15. The Bertz CT molecular complexity index is 471. The molecule has 5 nitrogen and oxygen atoms in total. The fourth-order valence-electron chi connectivity index (χ4n) is 2.29. The third kappa shape index (κ3) is 4.31. The Hall–Kier alpha value is -1.42. The first-order chi connectivity index (χ1) is 9.17. The number of carbonyl (C=O) groups is 1. The van der Waals surface area contributed by atoms with Crippen LogP contribution in [0.2, 0.25) is 0 Å². The van der Waals surface area contributed by atoms with Crippen LogP contribution in [-0.2, 0) is 11.3 Å². The molecule has 1 aliphatic heterocycles. The molecule has 0 spiro atoms. The highest BCUT2D eigenvalue weighted by molar-refractivity contribution is 7.10. The average Bonchev–Trinajstić information content (AvgIpc) is 2.85. The van der Waals surface area contributed by atoms with Crippen LogP contribution in [0.25, 0.3) is 0 Å². The van der Waals surface area contributed by atoms with Crippen molar-refractivity contribution in [2.24, 2.45) is 5.73 Å². The number of carbonyl (C=O) groups excluding carboxylic acids is 1. The topological polar surface area (TPSA) is 82.2 Å². The molecule has 1 aliphatic rings. The summed E-state index contributed by atoms with van der Waals surface area (Å²) >= 11 is 1.62. The SMILES string of the molecule is N#Cc1csc(CNC2CCN(CC(N)=O)CC2)c1. The molecule has 0 aromatic carbocycles. The Kier molecular flexibility index (Phi) is 4.91. The van der Waals surface area contributed by atoms with Crippen molar-refractivity contribution in [1.29, 1.82) is 5.26 Å². The van der Waals surface area contributed by atoms with Crippen molar-refractivity contribution >= 4 is 17.2 Å². The predicted octanol–water partition coefficient (Wildman–Crippen LogP) is 0.659. The normalized spacial score (nSPS) is 17.2. The van der Waals surface area contributed by atoms with Gasteiger partial charge in [-0.1, -0.05) is 0 Å². The van der Waals surface area contributed by atoms with Gasteiger partial charge in [-0.2, -0.15) is 5.26 Å². The van der Waals surface area contributed by atoms with E-state index in [0.717, 1.165) is 38.0 Å². The van der Waals surface area contributed by atoms with Crippen LogP contribution >= 0.6 is 11.3 Å². The highest BCUT2D eigenvalue weighted by atomic mass is 32.1. The zero-order chi connectivity index (χ0) is 13.7. The second-order valence-corrected chi connectivity index (χ2v) is 5.81. The van der Waals surface area contributed by atoms with E-state index in [-0.39, 0.29) is 5.91 Å². The minimum Gasteiger partial charge on any atom is -0.369 e. The summed E-state index contributed by atoms with van der Waals surface area (Å²) in [6.07, 6.45) is 2.06. The summed E-state index contributed by atoms with van der Waals surface area (Å²) in [6, 6.07) is 4.56. The number of primary amides is 1. The third-order valence-corrected chi connectivity index (χ3v) is 4.25. The van der Waals surface area contributed by atoms with E-state index in [1.807, 2.05) is 11.4 Å². The number of nitriles is 1. The number of nitrogens with two attached hydrogens (primary N) is 1. The van der Waals surface area contributed by atoms with E-state index in [4.69, 9.17) is 11.0 Å². The van der Waals surface area contributed by atoms with Crippen molar-refractivity contribution < 1.29 is 4.79 Å². The standard InChI is InChI=1S/C13H18N4OS/c14-6-10-5-12(19-9-10)7-16-11-1-3-17(4-2-11)8-13(15)18/h5,9,11,16H,1-4,7-8H2,(H2,15,18). The molecule has 0 bridgehead atoms. The summed E-state index contributed by atoms with van der Waals surface area (Å²) in [6.45, 7) is 3.00. The van der Waals surface area contributed by atoms with Gasteiger partial charge in [0.1, 0.15) is 6.07 Å². The van der Waals surface area contributed by atoms with Crippen LogP contribution < -0.4 is 11.1 Å². The van der Waals surface area contributed by atoms with Crippen LogP contribution in [0, 0.1) is 11.3 Å². The molecule has 0 radical (unpaired) electrons. The molecule has 1 fully saturated rings. The second kappa shape index (κ2) is 6.66. The van der Waals surface area contributed by atoms with E-state index in [1.54, 1.807) is 11.3 Å². The van der Waals surface area contributed by atoms with Crippen LogP contribution in [0.1, 0.15) is 23.3 Å². The van der Waals surface area contributed by atoms with Gasteiger partial charge in [0, 0.05) is 35.9 Å². The molecular weight excluding hydrogens is 260 g/mol. The highest BCUT2D eigenvalue weighted by Gasteiger charge is 2.19. The van der Waals surface area contributed by atoms with Crippen LogP contribution in [0.4, 0.5) is 0 Å². The van der Waals surface area contributed by atoms with Crippen LogP contribution in [-0.4, -0.2) is 36.5 Å². The summed E-state index contributed by atoms with van der Waals surface area (Å²) in [5, 5.41) is 14.2. The molecule has 2 heterocycles. The van der Waals surface area contributed by atoms with Crippen LogP contribution in [0.3, 0.4) is 0 Å². The second-order valence-electron chi connectivity index (χ2n) is 4.81. The van der Waals surface area contributed by atoms with E-state index in [9.17, 15) is 4.79 Å². The number of rotatable bonds is 5. The van der Waals surface area contributed by atoms with Gasteiger partial charge in [0.2, 0.25) is 5.91 Å². The van der Waals surface area contributed by atoms with Crippen molar-refractivity contribution in [3.05, 3.63) is 21.9 Å². The number of hydrogen-bond donors (Lipinski definition) is 2. The number of hydrogen-bond acceptors (Lipinski definition) is 5. The maximum absolute atomic E-state index is 10.8. The monoisotopic (exact) mass is 278 g/mol. The average molecular weight is 278 g/mol. The predicted molar refractivity (Wildman–Crippen MR) is 74.5 cm³/mol. The Balaban J connectivity index is 1.71. The van der Waals surface area contributed by atoms with E-state index < -0.39 is 0 Å². The quantitative estimate of drug-likeness (QED) is 0.829. The zero-order valence-electron chi connectivity index (χ0n) is 10.8. The Morgan fingerprint density at radius 2 is 2.32 bits per heavy atom. The molecule has 6 heteroatoms. The van der Waals surface area contributed by atoms with Gasteiger partial charge in [0.05, 0.1) is 12.1 Å². The lowest BCUT2D eigenvalue weighted by Crippen LogP contribution is -2.45. The third-order valence-electron chi connectivity index (χ3n) is 3.31. The van der Waals surface area contributed by atoms with Gasteiger partial charge in [0.15, 0.2) is 0 Å². The fourth-order valence-corrected chi connectivity index (χ4v) is 3.05. The number of nitrogens with zero attached hydrogens (tertiary/aromatic N) is 2.